The lowest BCUT2D eigenvalue weighted by atomic mass is 10.1. The molecule has 2 N–H and O–H groups in total. The van der Waals surface area contributed by atoms with Crippen molar-refractivity contribution in [3.8, 4) is 0 Å². The highest BCUT2D eigenvalue weighted by Crippen LogP contribution is 2.14. The van der Waals surface area contributed by atoms with Gasteiger partial charge in [0.15, 0.2) is 5.96 Å². The van der Waals surface area contributed by atoms with Crippen molar-refractivity contribution >= 4 is 47.4 Å². The molecule has 0 unspecified atom stereocenters. The Morgan fingerprint density at radius 2 is 2.16 bits per heavy atom. The van der Waals surface area contributed by atoms with E-state index in [-0.39, 0.29) is 30.1 Å². The van der Waals surface area contributed by atoms with Crippen molar-refractivity contribution in [3.63, 3.8) is 0 Å². The first-order chi connectivity index (χ1) is 11.7. The van der Waals surface area contributed by atoms with Crippen LogP contribution in [0.25, 0.3) is 0 Å². The number of rotatable bonds is 5. The number of carbonyl (C=O) groups excluding carboxylic acids is 1. The molecule has 1 aromatic heterocycles. The van der Waals surface area contributed by atoms with E-state index in [1.54, 1.807) is 16.2 Å². The number of aromatic nitrogens is 1. The van der Waals surface area contributed by atoms with E-state index < -0.39 is 0 Å². The van der Waals surface area contributed by atoms with Gasteiger partial charge < -0.3 is 20.3 Å². The quantitative estimate of drug-likeness (QED) is 0.384. The molecule has 1 aliphatic heterocycles. The molecular formula is C16H28IN5O2S. The van der Waals surface area contributed by atoms with Crippen molar-refractivity contribution in [2.24, 2.45) is 4.99 Å². The standard InChI is InChI=1S/C16H27N5O2S.HI/c1-4-13-10-18-14(24-13)11-19-15(17-5-2)20-12-6-8-21(9-7-12)16(22)23-3;/h10,12H,4-9,11H2,1-3H3,(H2,17,19,20);1H. The molecule has 1 amide bonds. The van der Waals surface area contributed by atoms with Gasteiger partial charge in [-0.25, -0.2) is 14.8 Å². The lowest BCUT2D eigenvalue weighted by molar-refractivity contribution is 0.111. The lowest BCUT2D eigenvalue weighted by Gasteiger charge is -2.32. The molecule has 25 heavy (non-hydrogen) atoms. The fraction of sp³-hybridized carbons (Fsp3) is 0.688. The minimum absolute atomic E-state index is 0. The number of likely N-dealkylation sites (tertiary alicyclic amines) is 1. The number of amides is 1. The second-order valence-corrected chi connectivity index (χ2v) is 6.84. The van der Waals surface area contributed by atoms with Crippen molar-refractivity contribution < 1.29 is 9.53 Å². The largest absolute Gasteiger partial charge is 0.453 e. The van der Waals surface area contributed by atoms with Crippen molar-refractivity contribution in [3.05, 3.63) is 16.1 Å². The number of hydrogen-bond donors (Lipinski definition) is 2. The maximum Gasteiger partial charge on any atom is 0.409 e. The molecule has 2 heterocycles. The maximum absolute atomic E-state index is 11.5. The highest BCUT2D eigenvalue weighted by molar-refractivity contribution is 14.0. The zero-order chi connectivity index (χ0) is 17.4. The van der Waals surface area contributed by atoms with E-state index in [0.717, 1.165) is 36.8 Å². The molecule has 9 heteroatoms. The number of piperidine rings is 1. The first-order valence-corrected chi connectivity index (χ1v) is 9.29. The van der Waals surface area contributed by atoms with Crippen LogP contribution in [-0.4, -0.2) is 54.7 Å². The Balaban J connectivity index is 0.00000312. The second kappa shape index (κ2) is 11.5. The predicted molar refractivity (Wildman–Crippen MR) is 112 cm³/mol. The van der Waals surface area contributed by atoms with Gasteiger partial charge in [-0.15, -0.1) is 35.3 Å². The van der Waals surface area contributed by atoms with Gasteiger partial charge >= 0.3 is 6.09 Å². The van der Waals surface area contributed by atoms with Crippen LogP contribution in [0.4, 0.5) is 4.79 Å². The molecule has 142 valence electrons. The second-order valence-electron chi connectivity index (χ2n) is 5.64. The summed E-state index contributed by atoms with van der Waals surface area (Å²) in [5, 5.41) is 7.77. The molecule has 1 fully saturated rings. The Hall–Kier alpha value is -1.10. The van der Waals surface area contributed by atoms with Gasteiger partial charge in [0.05, 0.1) is 13.7 Å². The number of aliphatic imine (C=N–C) groups is 1. The Bertz CT molecular complexity index is 558. The van der Waals surface area contributed by atoms with Crippen LogP contribution >= 0.6 is 35.3 Å². The van der Waals surface area contributed by atoms with Gasteiger partial charge in [0.1, 0.15) is 5.01 Å². The fourth-order valence-corrected chi connectivity index (χ4v) is 3.37. The van der Waals surface area contributed by atoms with Gasteiger partial charge in [0, 0.05) is 36.8 Å². The summed E-state index contributed by atoms with van der Waals surface area (Å²) in [6.07, 6.45) is 4.47. The van der Waals surface area contributed by atoms with E-state index in [9.17, 15) is 4.79 Å². The third kappa shape index (κ3) is 6.96. The Morgan fingerprint density at radius 1 is 1.44 bits per heavy atom. The van der Waals surface area contributed by atoms with E-state index in [1.165, 1.54) is 12.0 Å². The summed E-state index contributed by atoms with van der Waals surface area (Å²) in [6, 6.07) is 0.311. The molecule has 0 aromatic carbocycles. The fourth-order valence-electron chi connectivity index (χ4n) is 2.58. The molecule has 0 saturated carbocycles. The van der Waals surface area contributed by atoms with Crippen LogP contribution < -0.4 is 10.6 Å². The van der Waals surface area contributed by atoms with Crippen LogP contribution in [0.15, 0.2) is 11.2 Å². The summed E-state index contributed by atoms with van der Waals surface area (Å²) >= 11 is 1.71. The van der Waals surface area contributed by atoms with Crippen LogP contribution in [-0.2, 0) is 17.7 Å². The number of methoxy groups -OCH3 is 1. The Labute approximate surface area is 170 Å². The molecule has 0 bridgehead atoms. The van der Waals surface area contributed by atoms with E-state index in [4.69, 9.17) is 4.74 Å². The molecule has 0 radical (unpaired) electrons. The average Bonchev–Trinajstić information content (AvgIpc) is 3.08. The first kappa shape index (κ1) is 21.9. The van der Waals surface area contributed by atoms with E-state index >= 15 is 0 Å². The van der Waals surface area contributed by atoms with Crippen molar-refractivity contribution in [1.29, 1.82) is 0 Å². The van der Waals surface area contributed by atoms with Gasteiger partial charge in [-0.05, 0) is 26.2 Å². The number of ether oxygens (including phenoxy) is 1. The number of nitrogens with zero attached hydrogens (tertiary/aromatic N) is 3. The van der Waals surface area contributed by atoms with Crippen molar-refractivity contribution in [2.75, 3.05) is 26.7 Å². The monoisotopic (exact) mass is 481 g/mol. The van der Waals surface area contributed by atoms with Crippen LogP contribution in [0.2, 0.25) is 0 Å². The van der Waals surface area contributed by atoms with Gasteiger partial charge in [0.25, 0.3) is 0 Å². The molecule has 0 spiro atoms. The van der Waals surface area contributed by atoms with Gasteiger partial charge in [-0.2, -0.15) is 0 Å². The summed E-state index contributed by atoms with van der Waals surface area (Å²) in [4.78, 5) is 23.6. The Morgan fingerprint density at radius 3 is 2.72 bits per heavy atom. The summed E-state index contributed by atoms with van der Waals surface area (Å²) in [5.41, 5.74) is 0. The highest BCUT2D eigenvalue weighted by atomic mass is 127. The van der Waals surface area contributed by atoms with E-state index in [0.29, 0.717) is 25.7 Å². The summed E-state index contributed by atoms with van der Waals surface area (Å²) in [5.74, 6) is 0.808. The molecule has 1 aliphatic rings. The number of aryl methyl sites for hydroxylation is 1. The third-order valence-electron chi connectivity index (χ3n) is 3.94. The normalized spacial score (nSPS) is 15.5. The van der Waals surface area contributed by atoms with Gasteiger partial charge in [-0.3, -0.25) is 0 Å². The molecular weight excluding hydrogens is 453 g/mol. The summed E-state index contributed by atoms with van der Waals surface area (Å²) in [7, 11) is 1.42. The van der Waals surface area contributed by atoms with Gasteiger partial charge in [-0.1, -0.05) is 6.92 Å². The predicted octanol–water partition coefficient (Wildman–Crippen LogP) is 2.61. The van der Waals surface area contributed by atoms with Crippen LogP contribution in [0.5, 0.6) is 0 Å². The summed E-state index contributed by atoms with van der Waals surface area (Å²) in [6.45, 7) is 6.99. The maximum atomic E-state index is 11.5. The highest BCUT2D eigenvalue weighted by Gasteiger charge is 2.23. The number of carbonyl (C=O) groups is 1. The molecule has 0 atom stereocenters. The number of hydrogen-bond acceptors (Lipinski definition) is 5. The Kier molecular flexibility index (Phi) is 10.1. The number of halogens is 1. The van der Waals surface area contributed by atoms with Crippen LogP contribution in [0, 0.1) is 0 Å². The minimum Gasteiger partial charge on any atom is -0.453 e. The third-order valence-corrected chi connectivity index (χ3v) is 5.06. The number of guanidine groups is 1. The van der Waals surface area contributed by atoms with E-state index in [1.807, 2.05) is 6.20 Å². The SMILES string of the molecule is CCNC(=NCc1ncc(CC)s1)NC1CCN(C(=O)OC)CC1.I. The molecule has 2 rings (SSSR count). The minimum atomic E-state index is -0.246. The van der Waals surface area contributed by atoms with Gasteiger partial charge in [0.2, 0.25) is 0 Å². The molecule has 0 aliphatic carbocycles. The number of thiazole rings is 1. The number of nitrogens with one attached hydrogen (secondary N) is 2. The lowest BCUT2D eigenvalue weighted by Crippen LogP contribution is -2.49. The van der Waals surface area contributed by atoms with Crippen molar-refractivity contribution in [1.82, 2.24) is 20.5 Å². The van der Waals surface area contributed by atoms with E-state index in [2.05, 4.69) is 34.5 Å². The van der Waals surface area contributed by atoms with Crippen LogP contribution in [0.3, 0.4) is 0 Å². The average molecular weight is 481 g/mol. The topological polar surface area (TPSA) is 78.9 Å². The zero-order valence-corrected chi connectivity index (χ0v) is 18.2. The molecule has 7 nitrogen and oxygen atoms in total. The molecule has 1 saturated heterocycles. The van der Waals surface area contributed by atoms with Crippen molar-refractivity contribution in [2.45, 2.75) is 45.7 Å². The zero-order valence-electron chi connectivity index (χ0n) is 15.1. The van der Waals surface area contributed by atoms with Crippen LogP contribution in [0.1, 0.15) is 36.6 Å². The molecule has 1 aromatic rings. The smallest absolute Gasteiger partial charge is 0.409 e. The summed E-state index contributed by atoms with van der Waals surface area (Å²) < 4.78 is 4.77. The first-order valence-electron chi connectivity index (χ1n) is 8.47.